The van der Waals surface area contributed by atoms with E-state index in [-0.39, 0.29) is 18.1 Å². The first-order chi connectivity index (χ1) is 18.4. The highest BCUT2D eigenvalue weighted by Crippen LogP contribution is 2.68. The molecule has 7 heteroatoms. The molecule has 200 valence electrons. The second kappa shape index (κ2) is 9.49. The van der Waals surface area contributed by atoms with Crippen LogP contribution in [0, 0.1) is 0 Å². The highest BCUT2D eigenvalue weighted by atomic mass is 16.5. The van der Waals surface area contributed by atoms with Gasteiger partial charge >= 0.3 is 0 Å². The lowest BCUT2D eigenvalue weighted by molar-refractivity contribution is -0.150. The van der Waals surface area contributed by atoms with Gasteiger partial charge in [0.05, 0.1) is 25.9 Å². The zero-order chi connectivity index (χ0) is 26.5. The van der Waals surface area contributed by atoms with Gasteiger partial charge in [0.25, 0.3) is 0 Å². The Labute approximate surface area is 223 Å². The van der Waals surface area contributed by atoms with Crippen molar-refractivity contribution in [1.29, 1.82) is 0 Å². The van der Waals surface area contributed by atoms with Crippen molar-refractivity contribution in [2.45, 2.75) is 55.5 Å². The number of hydrogen-bond acceptors (Lipinski definition) is 7. The van der Waals surface area contributed by atoms with Gasteiger partial charge in [-0.25, -0.2) is 0 Å². The molecule has 6 rings (SSSR count). The summed E-state index contributed by atoms with van der Waals surface area (Å²) in [5.74, 6) is 1.17. The number of phenols is 1. The van der Waals surface area contributed by atoms with E-state index < -0.39 is 17.3 Å². The van der Waals surface area contributed by atoms with Gasteiger partial charge in [0.2, 0.25) is 0 Å². The molecule has 2 aliphatic heterocycles. The molecule has 0 spiro atoms. The number of rotatable bonds is 6. The summed E-state index contributed by atoms with van der Waals surface area (Å²) < 4.78 is 18.0. The van der Waals surface area contributed by atoms with Crippen LogP contribution in [0.4, 0.5) is 0 Å². The van der Waals surface area contributed by atoms with Crippen LogP contribution in [0.5, 0.6) is 23.0 Å². The Hall–Kier alpha value is -3.26. The van der Waals surface area contributed by atoms with E-state index in [0.29, 0.717) is 34.9 Å². The van der Waals surface area contributed by atoms with Crippen molar-refractivity contribution in [3.63, 3.8) is 0 Å². The van der Waals surface area contributed by atoms with E-state index in [0.717, 1.165) is 37.1 Å². The fraction of sp³-hybridized carbons (Fsp3) is 0.419. The minimum absolute atomic E-state index is 0.212. The summed E-state index contributed by atoms with van der Waals surface area (Å²) in [4.78, 5) is 2.35. The first kappa shape index (κ1) is 25.0. The van der Waals surface area contributed by atoms with Gasteiger partial charge in [0.15, 0.2) is 11.2 Å². The fourth-order valence-electron chi connectivity index (χ4n) is 6.89. The fourth-order valence-corrected chi connectivity index (χ4v) is 6.89. The molecular weight excluding hydrogens is 482 g/mol. The maximum Gasteiger partial charge on any atom is 0.176 e. The van der Waals surface area contributed by atoms with Crippen molar-refractivity contribution in [3.05, 3.63) is 82.9 Å². The Kier molecular flexibility index (Phi) is 6.25. The third-order valence-corrected chi connectivity index (χ3v) is 8.70. The summed E-state index contributed by atoms with van der Waals surface area (Å²) in [7, 11) is 3.10. The average molecular weight is 518 g/mol. The number of fused-ring (bicyclic) bond motifs is 3. The number of aliphatic hydroxyl groups excluding tert-OH is 1. The van der Waals surface area contributed by atoms with Crippen molar-refractivity contribution < 1.29 is 29.5 Å². The van der Waals surface area contributed by atoms with Gasteiger partial charge in [0, 0.05) is 30.2 Å². The number of aliphatic hydroxyl groups is 2. The van der Waals surface area contributed by atoms with Crippen LogP contribution in [0.1, 0.15) is 53.9 Å². The van der Waals surface area contributed by atoms with Crippen LogP contribution in [0.15, 0.2) is 60.7 Å². The molecule has 7 nitrogen and oxygen atoms in total. The Morgan fingerprint density at radius 1 is 0.974 bits per heavy atom. The summed E-state index contributed by atoms with van der Waals surface area (Å²) in [5.41, 5.74) is -0.324. The lowest BCUT2D eigenvalue weighted by Gasteiger charge is -2.41. The van der Waals surface area contributed by atoms with Crippen molar-refractivity contribution in [2.24, 2.45) is 0 Å². The molecule has 38 heavy (non-hydrogen) atoms. The summed E-state index contributed by atoms with van der Waals surface area (Å²) >= 11 is 0. The van der Waals surface area contributed by atoms with Crippen LogP contribution in [-0.4, -0.2) is 53.6 Å². The quantitative estimate of drug-likeness (QED) is 0.446. The van der Waals surface area contributed by atoms with Gasteiger partial charge in [0.1, 0.15) is 23.0 Å². The highest BCUT2D eigenvalue weighted by Gasteiger charge is 2.73. The normalized spacial score (nSPS) is 28.4. The van der Waals surface area contributed by atoms with E-state index in [2.05, 4.69) is 4.90 Å². The average Bonchev–Trinajstić information content (AvgIpc) is 3.35. The first-order valence-corrected chi connectivity index (χ1v) is 13.4. The van der Waals surface area contributed by atoms with Crippen LogP contribution in [0.3, 0.4) is 0 Å². The molecule has 0 bridgehead atoms. The molecule has 1 aliphatic carbocycles. The molecule has 0 aromatic heterocycles. The SMILES string of the molecule is COc1cc(OC)c2c(c1)O[C@@]1(c3ccc(O)c(CN4CCCCC4)c3)[C@H](c3ccccc3)C[C@@H](O)[C@@]21O. The molecule has 2 heterocycles. The van der Waals surface area contributed by atoms with Crippen LogP contribution >= 0.6 is 0 Å². The Balaban J connectivity index is 1.56. The number of piperidine rings is 1. The number of benzene rings is 3. The zero-order valence-corrected chi connectivity index (χ0v) is 21.9. The summed E-state index contributed by atoms with van der Waals surface area (Å²) in [6.07, 6.45) is 2.68. The molecule has 3 N–H and O–H groups in total. The third-order valence-electron chi connectivity index (χ3n) is 8.70. The van der Waals surface area contributed by atoms with E-state index in [1.54, 1.807) is 25.3 Å². The van der Waals surface area contributed by atoms with Crippen molar-refractivity contribution >= 4 is 0 Å². The molecule has 3 aliphatic rings. The van der Waals surface area contributed by atoms with E-state index in [9.17, 15) is 15.3 Å². The number of nitrogens with zero attached hydrogens (tertiary/aromatic N) is 1. The molecule has 3 aromatic carbocycles. The molecule has 0 unspecified atom stereocenters. The monoisotopic (exact) mass is 517 g/mol. The van der Waals surface area contributed by atoms with Gasteiger partial charge in [-0.05, 0) is 55.6 Å². The van der Waals surface area contributed by atoms with Gasteiger partial charge in [-0.1, -0.05) is 42.8 Å². The second-order valence-electron chi connectivity index (χ2n) is 10.7. The zero-order valence-electron chi connectivity index (χ0n) is 21.9. The van der Waals surface area contributed by atoms with Gasteiger partial charge < -0.3 is 29.5 Å². The minimum atomic E-state index is -1.81. The van der Waals surface area contributed by atoms with Crippen molar-refractivity contribution in [3.8, 4) is 23.0 Å². The molecule has 0 amide bonds. The molecule has 1 saturated carbocycles. The Morgan fingerprint density at radius 3 is 2.45 bits per heavy atom. The van der Waals surface area contributed by atoms with Crippen LogP contribution in [0.2, 0.25) is 0 Å². The maximum absolute atomic E-state index is 12.7. The Morgan fingerprint density at radius 2 is 1.74 bits per heavy atom. The largest absolute Gasteiger partial charge is 0.508 e. The van der Waals surface area contributed by atoms with Crippen molar-refractivity contribution in [2.75, 3.05) is 27.3 Å². The summed E-state index contributed by atoms with van der Waals surface area (Å²) in [6, 6.07) is 18.7. The van der Waals surface area contributed by atoms with E-state index in [1.807, 2.05) is 42.5 Å². The first-order valence-electron chi connectivity index (χ1n) is 13.4. The van der Waals surface area contributed by atoms with E-state index >= 15 is 0 Å². The standard InChI is InChI=1S/C31H35NO6/c1-36-23-16-26(37-2)29-27(17-23)38-31(24(18-28(34)30(29,31)35)20-9-5-3-6-10-20)22-11-12-25(33)21(15-22)19-32-13-7-4-8-14-32/h3,5-6,9-12,15-17,24,28,33-35H,4,7-8,13-14,18-19H2,1-2H3/t24-,28+,30+,31-/m0/s1. The Bertz CT molecular complexity index is 1320. The second-order valence-corrected chi connectivity index (χ2v) is 10.7. The van der Waals surface area contributed by atoms with Gasteiger partial charge in [-0.15, -0.1) is 0 Å². The number of methoxy groups -OCH3 is 2. The lowest BCUT2D eigenvalue weighted by atomic mass is 9.71. The number of hydrogen-bond donors (Lipinski definition) is 3. The predicted octanol–water partition coefficient (Wildman–Crippen LogP) is 4.42. The van der Waals surface area contributed by atoms with Gasteiger partial charge in [-0.3, -0.25) is 4.90 Å². The number of phenolic OH excluding ortho intramolecular Hbond substituents is 1. The third kappa shape index (κ3) is 3.60. The predicted molar refractivity (Wildman–Crippen MR) is 143 cm³/mol. The van der Waals surface area contributed by atoms with Gasteiger partial charge in [-0.2, -0.15) is 0 Å². The van der Waals surface area contributed by atoms with Crippen LogP contribution < -0.4 is 14.2 Å². The minimum Gasteiger partial charge on any atom is -0.508 e. The molecule has 2 fully saturated rings. The lowest BCUT2D eigenvalue weighted by Crippen LogP contribution is -2.52. The van der Waals surface area contributed by atoms with Crippen LogP contribution in [-0.2, 0) is 17.7 Å². The summed E-state index contributed by atoms with van der Waals surface area (Å²) in [6.45, 7) is 2.59. The number of likely N-dealkylation sites (tertiary alicyclic amines) is 1. The molecule has 4 atom stereocenters. The molecule has 0 radical (unpaired) electrons. The molecule has 3 aromatic rings. The number of ether oxygens (including phenoxy) is 3. The maximum atomic E-state index is 12.7. The number of aromatic hydroxyl groups is 1. The van der Waals surface area contributed by atoms with E-state index in [4.69, 9.17) is 14.2 Å². The topological polar surface area (TPSA) is 91.6 Å². The highest BCUT2D eigenvalue weighted by molar-refractivity contribution is 5.62. The van der Waals surface area contributed by atoms with E-state index in [1.165, 1.54) is 13.5 Å². The molecular formula is C31H35NO6. The summed E-state index contributed by atoms with van der Waals surface area (Å²) in [5, 5.41) is 35.2. The molecule has 1 saturated heterocycles. The smallest absolute Gasteiger partial charge is 0.176 e. The van der Waals surface area contributed by atoms with Crippen molar-refractivity contribution in [1.82, 2.24) is 4.90 Å². The van der Waals surface area contributed by atoms with Crippen LogP contribution in [0.25, 0.3) is 0 Å².